The van der Waals surface area contributed by atoms with Crippen LogP contribution in [0.25, 0.3) is 11.3 Å². The predicted octanol–water partition coefficient (Wildman–Crippen LogP) is 5.21. The molecule has 4 rings (SSSR count). The zero-order valence-corrected chi connectivity index (χ0v) is 18.9. The van der Waals surface area contributed by atoms with Gasteiger partial charge in [-0.1, -0.05) is 61.5 Å². The third-order valence-corrected chi connectivity index (χ3v) is 6.20. The average molecular weight is 432 g/mol. The number of hydrogen-bond donors (Lipinski definition) is 1. The number of carbonyl (C=O) groups excluding carboxylic acids is 1. The monoisotopic (exact) mass is 431 g/mol. The molecule has 1 saturated heterocycles. The van der Waals surface area contributed by atoms with E-state index in [1.165, 1.54) is 31.5 Å². The highest BCUT2D eigenvalue weighted by molar-refractivity contribution is 5.75. The Morgan fingerprint density at radius 3 is 2.53 bits per heavy atom. The van der Waals surface area contributed by atoms with Crippen LogP contribution in [0.3, 0.4) is 0 Å². The van der Waals surface area contributed by atoms with Crippen molar-refractivity contribution in [1.82, 2.24) is 15.2 Å². The van der Waals surface area contributed by atoms with Crippen LogP contribution in [-0.4, -0.2) is 28.9 Å². The van der Waals surface area contributed by atoms with E-state index < -0.39 is 0 Å². The maximum Gasteiger partial charge on any atom is 0.220 e. The number of aromatic nitrogens is 1. The van der Waals surface area contributed by atoms with Gasteiger partial charge in [0.1, 0.15) is 0 Å². The number of rotatable bonds is 9. The van der Waals surface area contributed by atoms with Crippen molar-refractivity contribution < 1.29 is 9.21 Å². The Kier molecular flexibility index (Phi) is 7.73. The fraction of sp³-hybridized carbons (Fsp3) is 0.407. The fourth-order valence-corrected chi connectivity index (χ4v) is 4.09. The molecule has 1 aromatic heterocycles. The van der Waals surface area contributed by atoms with Crippen LogP contribution in [0.4, 0.5) is 0 Å². The van der Waals surface area contributed by atoms with Gasteiger partial charge in [0.25, 0.3) is 0 Å². The van der Waals surface area contributed by atoms with E-state index in [-0.39, 0.29) is 5.91 Å². The molecule has 0 atom stereocenters. The lowest BCUT2D eigenvalue weighted by molar-refractivity contribution is -0.121. The van der Waals surface area contributed by atoms with Crippen molar-refractivity contribution >= 4 is 5.91 Å². The summed E-state index contributed by atoms with van der Waals surface area (Å²) in [7, 11) is 0. The normalized spacial score (nSPS) is 15.0. The highest BCUT2D eigenvalue weighted by Crippen LogP contribution is 2.21. The zero-order valence-electron chi connectivity index (χ0n) is 18.9. The van der Waals surface area contributed by atoms with E-state index >= 15 is 0 Å². The van der Waals surface area contributed by atoms with Gasteiger partial charge >= 0.3 is 0 Å². The average Bonchev–Trinajstić information content (AvgIpc) is 3.30. The number of nitrogens with zero attached hydrogens (tertiary/aromatic N) is 2. The Labute approximate surface area is 190 Å². The lowest BCUT2D eigenvalue weighted by Gasteiger charge is -2.30. The number of likely N-dealkylation sites (tertiary alicyclic amines) is 1. The number of benzene rings is 2. The number of nitrogens with one attached hydrogen (secondary N) is 1. The van der Waals surface area contributed by atoms with Crippen molar-refractivity contribution in [3.8, 4) is 11.3 Å². The molecule has 1 fully saturated rings. The Bertz CT molecular complexity index is 974. The van der Waals surface area contributed by atoms with E-state index in [0.717, 1.165) is 29.3 Å². The Balaban J connectivity index is 1.15. The summed E-state index contributed by atoms with van der Waals surface area (Å²) in [5.41, 5.74) is 3.49. The molecule has 3 aromatic rings. The molecule has 1 aliphatic heterocycles. The summed E-state index contributed by atoms with van der Waals surface area (Å²) in [6.07, 6.45) is 6.19. The lowest BCUT2D eigenvalue weighted by Crippen LogP contribution is -2.32. The van der Waals surface area contributed by atoms with E-state index in [9.17, 15) is 4.79 Å². The predicted molar refractivity (Wildman–Crippen MR) is 127 cm³/mol. The summed E-state index contributed by atoms with van der Waals surface area (Å²) in [6, 6.07) is 18.6. The van der Waals surface area contributed by atoms with Crippen molar-refractivity contribution in [2.75, 3.05) is 13.1 Å². The Morgan fingerprint density at radius 1 is 1.06 bits per heavy atom. The van der Waals surface area contributed by atoms with Crippen LogP contribution in [0.5, 0.6) is 0 Å². The molecule has 1 aliphatic rings. The van der Waals surface area contributed by atoms with Crippen LogP contribution in [0.1, 0.15) is 49.6 Å². The standard InChI is InChI=1S/C27H33N3O2/c1-21-14-16-30(17-15-21)20-23-12-10-22(11-13-23)18-28-26(31)8-5-9-27-29-19-25(32-27)24-6-3-2-4-7-24/h2-4,6-7,10-13,19,21H,5,8-9,14-18,20H2,1H3,(H,28,31). The number of carbonyl (C=O) groups is 1. The van der Waals surface area contributed by atoms with Crippen LogP contribution < -0.4 is 5.32 Å². The molecular weight excluding hydrogens is 398 g/mol. The van der Waals surface area contributed by atoms with E-state index in [2.05, 4.69) is 46.4 Å². The van der Waals surface area contributed by atoms with Crippen molar-refractivity contribution in [2.24, 2.45) is 5.92 Å². The second-order valence-electron chi connectivity index (χ2n) is 8.89. The van der Waals surface area contributed by atoms with Gasteiger partial charge in [0.05, 0.1) is 6.20 Å². The number of amides is 1. The van der Waals surface area contributed by atoms with Gasteiger partial charge in [-0.2, -0.15) is 0 Å². The number of oxazole rings is 1. The number of aryl methyl sites for hydroxylation is 1. The molecule has 0 spiro atoms. The lowest BCUT2D eigenvalue weighted by atomic mass is 9.99. The first kappa shape index (κ1) is 22.3. The smallest absolute Gasteiger partial charge is 0.220 e. The molecule has 0 unspecified atom stereocenters. The van der Waals surface area contributed by atoms with Crippen LogP contribution in [0, 0.1) is 5.92 Å². The summed E-state index contributed by atoms with van der Waals surface area (Å²) in [5, 5.41) is 3.02. The highest BCUT2D eigenvalue weighted by Gasteiger charge is 2.15. The minimum Gasteiger partial charge on any atom is -0.441 e. The molecule has 5 nitrogen and oxygen atoms in total. The second-order valence-corrected chi connectivity index (χ2v) is 8.89. The van der Waals surface area contributed by atoms with Gasteiger partial charge in [-0.25, -0.2) is 4.98 Å². The summed E-state index contributed by atoms with van der Waals surface area (Å²) in [5.74, 6) is 2.37. The largest absolute Gasteiger partial charge is 0.441 e. The molecule has 168 valence electrons. The quantitative estimate of drug-likeness (QED) is 0.505. The van der Waals surface area contributed by atoms with Crippen LogP contribution >= 0.6 is 0 Å². The molecule has 2 heterocycles. The second kappa shape index (κ2) is 11.1. The minimum absolute atomic E-state index is 0.0614. The molecular formula is C27H33N3O2. The summed E-state index contributed by atoms with van der Waals surface area (Å²) >= 11 is 0. The molecule has 5 heteroatoms. The fourth-order valence-electron chi connectivity index (χ4n) is 4.09. The molecule has 0 aliphatic carbocycles. The zero-order chi connectivity index (χ0) is 22.2. The van der Waals surface area contributed by atoms with E-state index in [4.69, 9.17) is 4.42 Å². The van der Waals surface area contributed by atoms with Gasteiger partial charge in [0.2, 0.25) is 5.91 Å². The Hall–Kier alpha value is -2.92. The first-order valence-electron chi connectivity index (χ1n) is 11.7. The Morgan fingerprint density at radius 2 is 1.78 bits per heavy atom. The summed E-state index contributed by atoms with van der Waals surface area (Å²) in [4.78, 5) is 19.1. The SMILES string of the molecule is CC1CCN(Cc2ccc(CNC(=O)CCCc3ncc(-c4ccccc4)o3)cc2)CC1. The topological polar surface area (TPSA) is 58.4 Å². The third kappa shape index (κ3) is 6.54. The van der Waals surface area contributed by atoms with Crippen LogP contribution in [0.15, 0.2) is 65.2 Å². The van der Waals surface area contributed by atoms with Crippen molar-refractivity contribution in [3.05, 3.63) is 77.8 Å². The molecule has 32 heavy (non-hydrogen) atoms. The van der Waals surface area contributed by atoms with Crippen LogP contribution in [0.2, 0.25) is 0 Å². The van der Waals surface area contributed by atoms with Crippen molar-refractivity contribution in [3.63, 3.8) is 0 Å². The molecule has 1 amide bonds. The first-order valence-corrected chi connectivity index (χ1v) is 11.7. The van der Waals surface area contributed by atoms with Gasteiger partial charge in [0, 0.05) is 31.5 Å². The van der Waals surface area contributed by atoms with E-state index in [1.807, 2.05) is 30.3 Å². The molecule has 0 bridgehead atoms. The summed E-state index contributed by atoms with van der Waals surface area (Å²) < 4.78 is 5.81. The van der Waals surface area contributed by atoms with Gasteiger partial charge in [-0.15, -0.1) is 0 Å². The molecule has 0 radical (unpaired) electrons. The maximum absolute atomic E-state index is 12.2. The van der Waals surface area contributed by atoms with Crippen molar-refractivity contribution in [1.29, 1.82) is 0 Å². The molecule has 1 N–H and O–H groups in total. The number of hydrogen-bond acceptors (Lipinski definition) is 4. The van der Waals surface area contributed by atoms with Gasteiger partial charge in [0.15, 0.2) is 11.7 Å². The minimum atomic E-state index is 0.0614. The van der Waals surface area contributed by atoms with Crippen molar-refractivity contribution in [2.45, 2.75) is 52.1 Å². The molecule has 0 saturated carbocycles. The maximum atomic E-state index is 12.2. The van der Waals surface area contributed by atoms with E-state index in [0.29, 0.717) is 31.7 Å². The third-order valence-electron chi connectivity index (χ3n) is 6.20. The van der Waals surface area contributed by atoms with Crippen LogP contribution in [-0.2, 0) is 24.3 Å². The molecule has 2 aromatic carbocycles. The van der Waals surface area contributed by atoms with Gasteiger partial charge in [-0.05, 0) is 49.4 Å². The van der Waals surface area contributed by atoms with Gasteiger partial charge in [-0.3, -0.25) is 9.69 Å². The first-order chi connectivity index (χ1) is 15.7. The highest BCUT2D eigenvalue weighted by atomic mass is 16.4. The summed E-state index contributed by atoms with van der Waals surface area (Å²) in [6.45, 7) is 6.32. The van der Waals surface area contributed by atoms with Gasteiger partial charge < -0.3 is 9.73 Å². The van der Waals surface area contributed by atoms with E-state index in [1.54, 1.807) is 6.20 Å². The number of piperidine rings is 1.